The second kappa shape index (κ2) is 14.7. The van der Waals surface area contributed by atoms with E-state index < -0.39 is 11.8 Å². The minimum Gasteiger partial charge on any atom is -0.493 e. The SMILES string of the molecule is COc1cccc(/C=C(/NC(=O)c2ccccc2)C(=O)Nc2cccc(SCC(=O)Nc3ccc(Cl)cn3)c2)c1OC. The molecule has 0 radical (unpaired) electrons. The lowest BCUT2D eigenvalue weighted by atomic mass is 10.1. The number of anilines is 2. The van der Waals surface area contributed by atoms with E-state index in [-0.39, 0.29) is 17.4 Å². The summed E-state index contributed by atoms with van der Waals surface area (Å²) in [7, 11) is 3.01. The van der Waals surface area contributed by atoms with Crippen molar-refractivity contribution in [3.05, 3.63) is 113 Å². The van der Waals surface area contributed by atoms with E-state index in [9.17, 15) is 14.4 Å². The van der Waals surface area contributed by atoms with Crippen molar-refractivity contribution in [2.24, 2.45) is 0 Å². The first-order valence-electron chi connectivity index (χ1n) is 12.6. The Bertz CT molecular complexity index is 1600. The lowest BCUT2D eigenvalue weighted by Crippen LogP contribution is -2.30. The Morgan fingerprint density at radius 3 is 2.40 bits per heavy atom. The number of nitrogens with zero attached hydrogens (tertiary/aromatic N) is 1. The number of hydrogen-bond acceptors (Lipinski definition) is 7. The molecule has 0 atom stereocenters. The zero-order chi connectivity index (χ0) is 29.9. The Morgan fingerprint density at radius 2 is 1.69 bits per heavy atom. The predicted molar refractivity (Wildman–Crippen MR) is 165 cm³/mol. The van der Waals surface area contributed by atoms with Gasteiger partial charge < -0.3 is 25.4 Å². The van der Waals surface area contributed by atoms with Gasteiger partial charge in [-0.05, 0) is 54.6 Å². The van der Waals surface area contributed by atoms with E-state index in [0.717, 1.165) is 4.90 Å². The van der Waals surface area contributed by atoms with Gasteiger partial charge in [-0.3, -0.25) is 14.4 Å². The van der Waals surface area contributed by atoms with Crippen LogP contribution in [0.5, 0.6) is 11.5 Å². The van der Waals surface area contributed by atoms with Crippen molar-refractivity contribution in [3.8, 4) is 11.5 Å². The largest absolute Gasteiger partial charge is 0.493 e. The Labute approximate surface area is 252 Å². The van der Waals surface area contributed by atoms with Crippen LogP contribution in [0.15, 0.2) is 102 Å². The van der Waals surface area contributed by atoms with Gasteiger partial charge in [0.1, 0.15) is 11.5 Å². The number of hydrogen-bond donors (Lipinski definition) is 3. The molecule has 0 unspecified atom stereocenters. The molecule has 1 aromatic heterocycles. The summed E-state index contributed by atoms with van der Waals surface area (Å²) in [6.07, 6.45) is 2.97. The number of ether oxygens (including phenoxy) is 2. The first-order valence-corrected chi connectivity index (χ1v) is 14.0. The number of carbonyl (C=O) groups is 3. The number of rotatable bonds is 11. The molecule has 0 saturated heterocycles. The third-order valence-corrected chi connectivity index (χ3v) is 6.94. The van der Waals surface area contributed by atoms with E-state index in [4.69, 9.17) is 21.1 Å². The van der Waals surface area contributed by atoms with Gasteiger partial charge in [-0.1, -0.05) is 48.0 Å². The van der Waals surface area contributed by atoms with Crippen LogP contribution >= 0.6 is 23.4 Å². The highest BCUT2D eigenvalue weighted by Gasteiger charge is 2.17. The van der Waals surface area contributed by atoms with Gasteiger partial charge >= 0.3 is 0 Å². The molecule has 214 valence electrons. The molecule has 0 fully saturated rings. The van der Waals surface area contributed by atoms with Crippen LogP contribution in [0.2, 0.25) is 5.02 Å². The highest BCUT2D eigenvalue weighted by Crippen LogP contribution is 2.32. The van der Waals surface area contributed by atoms with Gasteiger partial charge in [-0.15, -0.1) is 11.8 Å². The second-order valence-electron chi connectivity index (χ2n) is 8.64. The summed E-state index contributed by atoms with van der Waals surface area (Å²) in [5.74, 6) is 0.143. The summed E-state index contributed by atoms with van der Waals surface area (Å²) in [6.45, 7) is 0. The zero-order valence-corrected chi connectivity index (χ0v) is 24.3. The number of nitrogens with one attached hydrogen (secondary N) is 3. The van der Waals surface area contributed by atoms with Gasteiger partial charge in [0.25, 0.3) is 11.8 Å². The van der Waals surface area contributed by atoms with Crippen molar-refractivity contribution < 1.29 is 23.9 Å². The van der Waals surface area contributed by atoms with Crippen molar-refractivity contribution in [1.29, 1.82) is 0 Å². The van der Waals surface area contributed by atoms with Crippen LogP contribution < -0.4 is 25.4 Å². The number of pyridine rings is 1. The minimum absolute atomic E-state index is 0.0108. The normalized spacial score (nSPS) is 10.9. The lowest BCUT2D eigenvalue weighted by molar-refractivity contribution is -0.114. The number of amides is 3. The number of carbonyl (C=O) groups excluding carboxylic acids is 3. The molecular weight excluding hydrogens is 576 g/mol. The van der Waals surface area contributed by atoms with Crippen LogP contribution in [0.4, 0.5) is 11.5 Å². The minimum atomic E-state index is -0.558. The lowest BCUT2D eigenvalue weighted by Gasteiger charge is -2.14. The van der Waals surface area contributed by atoms with Crippen LogP contribution in [0.25, 0.3) is 6.08 Å². The fourth-order valence-corrected chi connectivity index (χ4v) is 4.63. The van der Waals surface area contributed by atoms with Gasteiger partial charge in [-0.2, -0.15) is 0 Å². The Kier molecular flexibility index (Phi) is 10.6. The maximum absolute atomic E-state index is 13.5. The van der Waals surface area contributed by atoms with E-state index in [0.29, 0.717) is 39.2 Å². The van der Waals surface area contributed by atoms with Crippen LogP contribution in [0.1, 0.15) is 15.9 Å². The third kappa shape index (κ3) is 8.35. The number of para-hydroxylation sites is 1. The molecule has 1 heterocycles. The molecule has 11 heteroatoms. The van der Waals surface area contributed by atoms with Gasteiger partial charge in [-0.25, -0.2) is 4.98 Å². The highest BCUT2D eigenvalue weighted by molar-refractivity contribution is 8.00. The van der Waals surface area contributed by atoms with Crippen LogP contribution in [0, 0.1) is 0 Å². The topological polar surface area (TPSA) is 119 Å². The Hall–Kier alpha value is -4.80. The average Bonchev–Trinajstić information content (AvgIpc) is 3.01. The second-order valence-corrected chi connectivity index (χ2v) is 10.1. The van der Waals surface area contributed by atoms with Gasteiger partial charge in [0.15, 0.2) is 11.5 Å². The molecule has 9 nitrogen and oxygen atoms in total. The molecule has 0 aliphatic rings. The van der Waals surface area contributed by atoms with E-state index >= 15 is 0 Å². The third-order valence-electron chi connectivity index (χ3n) is 5.72. The molecular formula is C31H27ClN4O5S. The van der Waals surface area contributed by atoms with Crippen molar-refractivity contribution in [2.75, 3.05) is 30.6 Å². The van der Waals surface area contributed by atoms with Crippen LogP contribution in [-0.2, 0) is 9.59 Å². The Balaban J connectivity index is 1.51. The predicted octanol–water partition coefficient (Wildman–Crippen LogP) is 5.89. The van der Waals surface area contributed by atoms with Crippen LogP contribution in [-0.4, -0.2) is 42.7 Å². The Morgan fingerprint density at radius 1 is 0.905 bits per heavy atom. The maximum Gasteiger partial charge on any atom is 0.272 e. The molecule has 0 saturated carbocycles. The van der Waals surface area contributed by atoms with Gasteiger partial charge in [0, 0.05) is 27.9 Å². The highest BCUT2D eigenvalue weighted by atomic mass is 35.5. The number of methoxy groups -OCH3 is 2. The number of aromatic nitrogens is 1. The van der Waals surface area contributed by atoms with Crippen molar-refractivity contribution in [3.63, 3.8) is 0 Å². The smallest absolute Gasteiger partial charge is 0.272 e. The van der Waals surface area contributed by atoms with Crippen molar-refractivity contribution in [1.82, 2.24) is 10.3 Å². The zero-order valence-electron chi connectivity index (χ0n) is 22.7. The fraction of sp³-hybridized carbons (Fsp3) is 0.0968. The fourth-order valence-electron chi connectivity index (χ4n) is 3.76. The summed E-state index contributed by atoms with van der Waals surface area (Å²) in [5.41, 5.74) is 1.38. The molecule has 3 amide bonds. The first-order chi connectivity index (χ1) is 20.4. The van der Waals surface area contributed by atoms with Gasteiger partial charge in [0.2, 0.25) is 5.91 Å². The molecule has 4 rings (SSSR count). The number of halogens is 1. The monoisotopic (exact) mass is 602 g/mol. The van der Waals surface area contributed by atoms with E-state index in [1.807, 2.05) is 6.07 Å². The summed E-state index contributed by atoms with van der Waals surface area (Å²) in [6, 6.07) is 24.1. The summed E-state index contributed by atoms with van der Waals surface area (Å²) < 4.78 is 10.9. The van der Waals surface area contributed by atoms with Crippen LogP contribution in [0.3, 0.4) is 0 Å². The standard InChI is InChI=1S/C31H27ClN4O5S/c1-40-26-13-6-10-21(29(26)41-2)16-25(35-30(38)20-8-4-3-5-9-20)31(39)34-23-11-7-12-24(17-23)42-19-28(37)36-27-15-14-22(32)18-33-27/h3-18H,19H2,1-2H3,(H,34,39)(H,35,38)(H,33,36,37)/b25-16+. The van der Waals surface area contributed by atoms with E-state index in [2.05, 4.69) is 20.9 Å². The summed E-state index contributed by atoms with van der Waals surface area (Å²) in [5, 5.41) is 8.72. The average molecular weight is 603 g/mol. The molecule has 4 aromatic rings. The van der Waals surface area contributed by atoms with E-state index in [1.54, 1.807) is 78.9 Å². The van der Waals surface area contributed by atoms with Crippen molar-refractivity contribution in [2.45, 2.75) is 4.90 Å². The maximum atomic E-state index is 13.5. The molecule has 0 aliphatic carbocycles. The molecule has 3 aromatic carbocycles. The van der Waals surface area contributed by atoms with Crippen molar-refractivity contribution >= 4 is 58.7 Å². The number of benzene rings is 3. The molecule has 42 heavy (non-hydrogen) atoms. The molecule has 3 N–H and O–H groups in total. The first kappa shape index (κ1) is 30.2. The quantitative estimate of drug-likeness (QED) is 0.145. The molecule has 0 aliphatic heterocycles. The molecule has 0 spiro atoms. The van der Waals surface area contributed by atoms with Gasteiger partial charge in [0.05, 0.1) is 25.0 Å². The summed E-state index contributed by atoms with van der Waals surface area (Å²) in [4.78, 5) is 43.7. The van der Waals surface area contributed by atoms with E-state index in [1.165, 1.54) is 38.3 Å². The summed E-state index contributed by atoms with van der Waals surface area (Å²) >= 11 is 7.12. The number of thioether (sulfide) groups is 1. The molecule has 0 bridgehead atoms.